The average Bonchev–Trinajstić information content (AvgIpc) is 2.46. The van der Waals surface area contributed by atoms with E-state index in [2.05, 4.69) is 11.2 Å². The van der Waals surface area contributed by atoms with Gasteiger partial charge in [-0.3, -0.25) is 0 Å². The Balaban J connectivity index is 2.03. The summed E-state index contributed by atoms with van der Waals surface area (Å²) in [6.07, 6.45) is 10.0. The van der Waals surface area contributed by atoms with E-state index < -0.39 is 0 Å². The van der Waals surface area contributed by atoms with E-state index in [-0.39, 0.29) is 6.10 Å². The van der Waals surface area contributed by atoms with Crippen LogP contribution < -0.4 is 5.32 Å². The molecule has 1 fully saturated rings. The van der Waals surface area contributed by atoms with Gasteiger partial charge in [-0.2, -0.15) is 0 Å². The van der Waals surface area contributed by atoms with Crippen molar-refractivity contribution in [2.45, 2.75) is 44.2 Å². The zero-order valence-corrected chi connectivity index (χ0v) is 7.42. The normalized spacial score (nSPS) is 28.7. The van der Waals surface area contributed by atoms with Crippen molar-refractivity contribution in [3.63, 3.8) is 0 Å². The van der Waals surface area contributed by atoms with Crippen LogP contribution in [0.15, 0.2) is 0 Å². The topological polar surface area (TPSA) is 32.3 Å². The molecule has 12 heavy (non-hydrogen) atoms. The van der Waals surface area contributed by atoms with Gasteiger partial charge in [0.15, 0.2) is 0 Å². The van der Waals surface area contributed by atoms with Crippen LogP contribution in [0.5, 0.6) is 0 Å². The minimum atomic E-state index is -0.129. The summed E-state index contributed by atoms with van der Waals surface area (Å²) in [6, 6.07) is 0.322. The molecule has 68 valence electrons. The minimum Gasteiger partial charge on any atom is -0.392 e. The smallest absolute Gasteiger partial charge is 0.0693 e. The predicted octanol–water partition coefficient (Wildman–Crippen LogP) is 0.903. The first-order valence-electron chi connectivity index (χ1n) is 4.69. The number of hydrogen-bond acceptors (Lipinski definition) is 2. The largest absolute Gasteiger partial charge is 0.392 e. The molecule has 0 saturated heterocycles. The van der Waals surface area contributed by atoms with Crippen molar-refractivity contribution in [2.24, 2.45) is 0 Å². The second kappa shape index (κ2) is 5.18. The molecule has 1 rings (SSSR count). The van der Waals surface area contributed by atoms with Crippen molar-refractivity contribution in [3.05, 3.63) is 0 Å². The van der Waals surface area contributed by atoms with Crippen molar-refractivity contribution in [2.75, 3.05) is 6.54 Å². The number of aliphatic hydroxyl groups is 1. The fourth-order valence-corrected chi connectivity index (χ4v) is 1.66. The Bertz CT molecular complexity index is 162. The van der Waals surface area contributed by atoms with Crippen LogP contribution in [0.2, 0.25) is 0 Å². The first-order chi connectivity index (χ1) is 5.84. The van der Waals surface area contributed by atoms with Gasteiger partial charge < -0.3 is 10.4 Å². The van der Waals surface area contributed by atoms with Crippen LogP contribution >= 0.6 is 0 Å². The van der Waals surface area contributed by atoms with E-state index in [9.17, 15) is 5.11 Å². The van der Waals surface area contributed by atoms with E-state index >= 15 is 0 Å². The van der Waals surface area contributed by atoms with E-state index in [0.717, 1.165) is 38.6 Å². The quantitative estimate of drug-likeness (QED) is 0.481. The molecule has 0 aromatic rings. The molecule has 0 aliphatic heterocycles. The highest BCUT2D eigenvalue weighted by molar-refractivity contribution is 4.85. The zero-order chi connectivity index (χ0) is 8.81. The molecular formula is C10H17NO. The van der Waals surface area contributed by atoms with Gasteiger partial charge in [-0.25, -0.2) is 0 Å². The van der Waals surface area contributed by atoms with Gasteiger partial charge in [0.1, 0.15) is 0 Å². The number of terminal acetylenes is 1. The lowest BCUT2D eigenvalue weighted by molar-refractivity contribution is 0.149. The Labute approximate surface area is 74.4 Å². The minimum absolute atomic E-state index is 0.129. The van der Waals surface area contributed by atoms with Crippen LogP contribution in [-0.2, 0) is 0 Å². The molecule has 1 aliphatic rings. The summed E-state index contributed by atoms with van der Waals surface area (Å²) in [5, 5.41) is 12.8. The lowest BCUT2D eigenvalue weighted by Gasteiger charge is -2.15. The van der Waals surface area contributed by atoms with Crippen LogP contribution in [0.1, 0.15) is 32.1 Å². The molecule has 2 nitrogen and oxygen atoms in total. The second-order valence-electron chi connectivity index (χ2n) is 3.37. The number of hydrogen-bond donors (Lipinski definition) is 2. The third kappa shape index (κ3) is 2.84. The number of rotatable bonds is 4. The molecule has 0 aromatic heterocycles. The van der Waals surface area contributed by atoms with Gasteiger partial charge >= 0.3 is 0 Å². The predicted molar refractivity (Wildman–Crippen MR) is 49.7 cm³/mol. The van der Waals surface area contributed by atoms with Crippen molar-refractivity contribution in [1.29, 1.82) is 0 Å². The molecule has 0 aromatic carbocycles. The van der Waals surface area contributed by atoms with Gasteiger partial charge in [-0.15, -0.1) is 12.3 Å². The lowest BCUT2D eigenvalue weighted by Crippen LogP contribution is -2.36. The summed E-state index contributed by atoms with van der Waals surface area (Å²) in [7, 11) is 0. The summed E-state index contributed by atoms with van der Waals surface area (Å²) in [5.41, 5.74) is 0. The van der Waals surface area contributed by atoms with Gasteiger partial charge in [-0.1, -0.05) is 0 Å². The maximum atomic E-state index is 9.44. The Morgan fingerprint density at radius 3 is 2.92 bits per heavy atom. The molecular weight excluding hydrogens is 150 g/mol. The van der Waals surface area contributed by atoms with Crippen molar-refractivity contribution < 1.29 is 5.11 Å². The highest BCUT2D eigenvalue weighted by Crippen LogP contribution is 2.18. The molecule has 0 amide bonds. The first-order valence-corrected chi connectivity index (χ1v) is 4.69. The monoisotopic (exact) mass is 167 g/mol. The van der Waals surface area contributed by atoms with Crippen molar-refractivity contribution in [1.82, 2.24) is 5.32 Å². The van der Waals surface area contributed by atoms with E-state index in [0.29, 0.717) is 6.04 Å². The maximum absolute atomic E-state index is 9.44. The molecule has 2 unspecified atom stereocenters. The van der Waals surface area contributed by atoms with E-state index in [1.165, 1.54) is 0 Å². The third-order valence-corrected chi connectivity index (χ3v) is 2.38. The Kier molecular flexibility index (Phi) is 4.13. The summed E-state index contributed by atoms with van der Waals surface area (Å²) in [5.74, 6) is 2.60. The van der Waals surface area contributed by atoms with Gasteiger partial charge in [0.05, 0.1) is 6.10 Å². The molecule has 0 radical (unpaired) electrons. The van der Waals surface area contributed by atoms with Crippen LogP contribution in [0.4, 0.5) is 0 Å². The Morgan fingerprint density at radius 2 is 2.33 bits per heavy atom. The fourth-order valence-electron chi connectivity index (χ4n) is 1.66. The molecule has 2 atom stereocenters. The lowest BCUT2D eigenvalue weighted by atomic mass is 10.2. The summed E-state index contributed by atoms with van der Waals surface area (Å²) in [4.78, 5) is 0. The van der Waals surface area contributed by atoms with Crippen LogP contribution in [-0.4, -0.2) is 23.8 Å². The summed E-state index contributed by atoms with van der Waals surface area (Å²) < 4.78 is 0. The van der Waals surface area contributed by atoms with Gasteiger partial charge in [0.2, 0.25) is 0 Å². The zero-order valence-electron chi connectivity index (χ0n) is 7.42. The first kappa shape index (κ1) is 9.57. The number of nitrogens with one attached hydrogen (secondary N) is 1. The number of aliphatic hydroxyl groups excluding tert-OH is 1. The second-order valence-corrected chi connectivity index (χ2v) is 3.37. The van der Waals surface area contributed by atoms with Gasteiger partial charge in [0.25, 0.3) is 0 Å². The fraction of sp³-hybridized carbons (Fsp3) is 0.800. The standard InChI is InChI=1S/C10H17NO/c1-2-3-4-8-11-9-6-5-7-10(9)12/h1,9-12H,3-8H2. The third-order valence-electron chi connectivity index (χ3n) is 2.38. The van der Waals surface area contributed by atoms with E-state index in [1.807, 2.05) is 0 Å². The summed E-state index contributed by atoms with van der Waals surface area (Å²) >= 11 is 0. The number of unbranched alkanes of at least 4 members (excludes halogenated alkanes) is 1. The maximum Gasteiger partial charge on any atom is 0.0693 e. The van der Waals surface area contributed by atoms with Crippen LogP contribution in [0, 0.1) is 12.3 Å². The summed E-state index contributed by atoms with van der Waals surface area (Å²) in [6.45, 7) is 0.936. The van der Waals surface area contributed by atoms with E-state index in [1.54, 1.807) is 0 Å². The van der Waals surface area contributed by atoms with Crippen LogP contribution in [0.25, 0.3) is 0 Å². The molecule has 0 heterocycles. The Morgan fingerprint density at radius 1 is 1.50 bits per heavy atom. The Hall–Kier alpha value is -0.520. The van der Waals surface area contributed by atoms with Crippen molar-refractivity contribution in [3.8, 4) is 12.3 Å². The molecule has 1 saturated carbocycles. The molecule has 0 bridgehead atoms. The van der Waals surface area contributed by atoms with Gasteiger partial charge in [-0.05, 0) is 32.2 Å². The molecule has 0 spiro atoms. The highest BCUT2D eigenvalue weighted by atomic mass is 16.3. The molecule has 1 aliphatic carbocycles. The van der Waals surface area contributed by atoms with Gasteiger partial charge in [0, 0.05) is 12.5 Å². The van der Waals surface area contributed by atoms with E-state index in [4.69, 9.17) is 6.42 Å². The molecule has 2 N–H and O–H groups in total. The van der Waals surface area contributed by atoms with Crippen molar-refractivity contribution >= 4 is 0 Å². The molecule has 2 heteroatoms. The van der Waals surface area contributed by atoms with Crippen LogP contribution in [0.3, 0.4) is 0 Å². The highest BCUT2D eigenvalue weighted by Gasteiger charge is 2.23. The SMILES string of the molecule is C#CCCCNC1CCCC1O. The average molecular weight is 167 g/mol.